The van der Waals surface area contributed by atoms with Gasteiger partial charge in [0.05, 0.1) is 28.5 Å². The van der Waals surface area contributed by atoms with E-state index in [1.165, 1.54) is 48.1 Å². The summed E-state index contributed by atoms with van der Waals surface area (Å²) < 4.78 is 67.1. The first kappa shape index (κ1) is 37.5. The summed E-state index contributed by atoms with van der Waals surface area (Å²) in [6.07, 6.45) is -2.05. The molecular formula is C31H29ClF5N7O6. The lowest BCUT2D eigenvalue weighted by atomic mass is 10.1. The summed E-state index contributed by atoms with van der Waals surface area (Å²) >= 11 is 6.43. The van der Waals surface area contributed by atoms with Crippen molar-refractivity contribution in [3.05, 3.63) is 64.6 Å². The van der Waals surface area contributed by atoms with Crippen molar-refractivity contribution < 1.29 is 51.0 Å². The Morgan fingerprint density at radius 2 is 1.76 bits per heavy atom. The van der Waals surface area contributed by atoms with Gasteiger partial charge >= 0.3 is 12.1 Å². The largest absolute Gasteiger partial charge is 0.490 e. The van der Waals surface area contributed by atoms with Gasteiger partial charge in [-0.2, -0.15) is 22.8 Å². The van der Waals surface area contributed by atoms with E-state index < -0.39 is 42.0 Å². The highest BCUT2D eigenvalue weighted by Crippen LogP contribution is 2.30. The molecule has 3 amide bonds. The van der Waals surface area contributed by atoms with Crippen LogP contribution in [0.4, 0.5) is 27.6 Å². The molecule has 3 heterocycles. The topological polar surface area (TPSA) is 170 Å². The van der Waals surface area contributed by atoms with Crippen LogP contribution in [0, 0.1) is 23.0 Å². The van der Waals surface area contributed by atoms with E-state index >= 15 is 0 Å². The minimum absolute atomic E-state index is 0.0689. The second-order valence-corrected chi connectivity index (χ2v) is 11.3. The van der Waals surface area contributed by atoms with Crippen molar-refractivity contribution in [1.82, 2.24) is 24.7 Å². The van der Waals surface area contributed by atoms with E-state index in [1.54, 1.807) is 15.9 Å². The third kappa shape index (κ3) is 8.65. The van der Waals surface area contributed by atoms with E-state index in [4.69, 9.17) is 31.5 Å². The molecule has 2 fully saturated rings. The predicted molar refractivity (Wildman–Crippen MR) is 166 cm³/mol. The van der Waals surface area contributed by atoms with E-state index in [9.17, 15) is 36.3 Å². The van der Waals surface area contributed by atoms with Crippen LogP contribution >= 0.6 is 11.6 Å². The number of alkyl halides is 3. The highest BCUT2D eigenvalue weighted by Gasteiger charge is 2.38. The number of hydrogen-bond acceptors (Lipinski definition) is 8. The molecule has 0 spiro atoms. The number of aliphatic carboxylic acids is 1. The minimum Gasteiger partial charge on any atom is -0.476 e. The fraction of sp³-hybridized carbons (Fsp3) is 0.355. The standard InChI is InChI=1S/C29H28ClF2N7O4.C2HF3O2/c1-37-22(19-6-7-23(43-14-8-33)25(32)24(19)31)16-35-26(37)27(40)36-17-4-5-18(20(30)15-17)28(41)38-10-12-39(13-11-38)29(42)21-3-2-9-34-21;3-2(4,5)1(6)7/h4-7,15-16,21,34H,2-3,9-14H2,1H3,(H,36,40);(H,6,7)/t21-;/m1./s1. The lowest BCUT2D eigenvalue weighted by molar-refractivity contribution is -0.192. The lowest BCUT2D eigenvalue weighted by Gasteiger charge is -2.36. The zero-order valence-corrected chi connectivity index (χ0v) is 26.9. The van der Waals surface area contributed by atoms with Crippen molar-refractivity contribution in [2.24, 2.45) is 7.05 Å². The maximum Gasteiger partial charge on any atom is 0.490 e. The number of aromatic nitrogens is 2. The van der Waals surface area contributed by atoms with Crippen molar-refractivity contribution in [2.75, 3.05) is 44.6 Å². The summed E-state index contributed by atoms with van der Waals surface area (Å²) in [4.78, 5) is 55.2. The number of carbonyl (C=O) groups is 4. The monoisotopic (exact) mass is 725 g/mol. The van der Waals surface area contributed by atoms with Gasteiger partial charge in [0.25, 0.3) is 11.8 Å². The molecule has 0 unspecified atom stereocenters. The average molecular weight is 726 g/mol. The van der Waals surface area contributed by atoms with Crippen LogP contribution in [-0.2, 0) is 16.6 Å². The number of rotatable bonds is 7. The van der Waals surface area contributed by atoms with E-state index in [0.29, 0.717) is 31.9 Å². The number of nitrogens with one attached hydrogen (secondary N) is 2. The Hall–Kier alpha value is -5.28. The molecule has 2 aliphatic heterocycles. The quantitative estimate of drug-likeness (QED) is 0.307. The smallest absolute Gasteiger partial charge is 0.476 e. The average Bonchev–Trinajstić information content (AvgIpc) is 3.75. The van der Waals surface area contributed by atoms with E-state index in [0.717, 1.165) is 19.4 Å². The number of amides is 3. The fourth-order valence-electron chi connectivity index (χ4n) is 5.19. The fourth-order valence-corrected chi connectivity index (χ4v) is 5.45. The third-order valence-electron chi connectivity index (χ3n) is 7.74. The van der Waals surface area contributed by atoms with Gasteiger partial charge < -0.3 is 34.8 Å². The first-order valence-electron chi connectivity index (χ1n) is 14.9. The van der Waals surface area contributed by atoms with Crippen molar-refractivity contribution >= 4 is 41.0 Å². The number of nitriles is 1. The molecule has 2 saturated heterocycles. The zero-order valence-electron chi connectivity index (χ0n) is 26.2. The maximum absolute atomic E-state index is 14.8. The molecule has 0 bridgehead atoms. The molecule has 1 atom stereocenters. The van der Waals surface area contributed by atoms with Gasteiger partial charge in [-0.25, -0.2) is 14.2 Å². The number of carboxylic acids is 1. The van der Waals surface area contributed by atoms with Crippen LogP contribution in [0.3, 0.4) is 0 Å². The number of carboxylic acid groups (broad SMARTS) is 1. The van der Waals surface area contributed by atoms with Crippen molar-refractivity contribution in [3.8, 4) is 23.1 Å². The van der Waals surface area contributed by atoms with Gasteiger partial charge in [0, 0.05) is 44.5 Å². The summed E-state index contributed by atoms with van der Waals surface area (Å²) in [5.74, 6) is -6.58. The third-order valence-corrected chi connectivity index (χ3v) is 8.06. The predicted octanol–water partition coefficient (Wildman–Crippen LogP) is 3.84. The first-order valence-corrected chi connectivity index (χ1v) is 15.2. The molecule has 266 valence electrons. The number of nitrogens with zero attached hydrogens (tertiary/aromatic N) is 5. The second-order valence-electron chi connectivity index (χ2n) is 10.9. The van der Waals surface area contributed by atoms with E-state index in [1.807, 2.05) is 0 Å². The van der Waals surface area contributed by atoms with Crippen LogP contribution in [0.2, 0.25) is 5.02 Å². The Labute approximate surface area is 286 Å². The normalized spacial score (nSPS) is 15.8. The Morgan fingerprint density at radius 1 is 1.10 bits per heavy atom. The van der Waals surface area contributed by atoms with Gasteiger partial charge in [0.1, 0.15) is 6.07 Å². The van der Waals surface area contributed by atoms with Crippen LogP contribution in [0.15, 0.2) is 36.5 Å². The Balaban J connectivity index is 0.000000727. The molecule has 2 aliphatic rings. The number of ether oxygens (including phenoxy) is 1. The molecule has 0 radical (unpaired) electrons. The summed E-state index contributed by atoms with van der Waals surface area (Å²) in [7, 11) is 1.47. The van der Waals surface area contributed by atoms with Crippen LogP contribution in [0.1, 0.15) is 33.8 Å². The second kappa shape index (κ2) is 16.0. The highest BCUT2D eigenvalue weighted by atomic mass is 35.5. The van der Waals surface area contributed by atoms with Gasteiger partial charge in [-0.15, -0.1) is 0 Å². The molecule has 19 heteroatoms. The molecular weight excluding hydrogens is 697 g/mol. The number of anilines is 1. The van der Waals surface area contributed by atoms with Gasteiger partial charge in [0.15, 0.2) is 24.0 Å². The highest BCUT2D eigenvalue weighted by molar-refractivity contribution is 6.34. The molecule has 5 rings (SSSR count). The summed E-state index contributed by atoms with van der Waals surface area (Å²) in [5.41, 5.74) is 0.540. The lowest BCUT2D eigenvalue weighted by Crippen LogP contribution is -2.54. The number of halogens is 6. The van der Waals surface area contributed by atoms with E-state index in [2.05, 4.69) is 15.6 Å². The number of imidazole rings is 1. The number of carbonyl (C=O) groups excluding carboxylic acids is 3. The van der Waals surface area contributed by atoms with E-state index in [-0.39, 0.29) is 45.5 Å². The van der Waals surface area contributed by atoms with Crippen LogP contribution < -0.4 is 15.4 Å². The maximum atomic E-state index is 14.8. The first-order chi connectivity index (χ1) is 23.6. The minimum atomic E-state index is -5.08. The molecule has 2 aromatic carbocycles. The van der Waals surface area contributed by atoms with Crippen molar-refractivity contribution in [2.45, 2.75) is 25.1 Å². The Bertz CT molecular complexity index is 1820. The van der Waals surface area contributed by atoms with Crippen molar-refractivity contribution in [3.63, 3.8) is 0 Å². The number of benzene rings is 2. The molecule has 0 aliphatic carbocycles. The number of piperazine rings is 1. The number of hydrogen-bond donors (Lipinski definition) is 3. The summed E-state index contributed by atoms with van der Waals surface area (Å²) in [6.45, 7) is 2.04. The summed E-state index contributed by atoms with van der Waals surface area (Å²) in [6, 6.07) is 8.47. The molecule has 0 saturated carbocycles. The van der Waals surface area contributed by atoms with Gasteiger partial charge in [0.2, 0.25) is 11.7 Å². The molecule has 3 aromatic rings. The molecule has 3 N–H and O–H groups in total. The summed E-state index contributed by atoms with van der Waals surface area (Å²) in [5, 5.41) is 21.7. The zero-order chi connectivity index (χ0) is 36.7. The SMILES string of the molecule is Cn1c(-c2ccc(OCC#N)c(F)c2F)cnc1C(=O)Nc1ccc(C(=O)N2CCN(C(=O)[C@H]3CCCN3)CC2)c(Cl)c1.O=C(O)C(F)(F)F. The molecule has 1 aromatic heterocycles. The molecule has 50 heavy (non-hydrogen) atoms. The Kier molecular flexibility index (Phi) is 12.0. The van der Waals surface area contributed by atoms with Crippen LogP contribution in [0.5, 0.6) is 5.75 Å². The molecule has 13 nitrogen and oxygen atoms in total. The van der Waals surface area contributed by atoms with Crippen LogP contribution in [0.25, 0.3) is 11.3 Å². The van der Waals surface area contributed by atoms with Gasteiger partial charge in [-0.3, -0.25) is 14.4 Å². The van der Waals surface area contributed by atoms with Crippen LogP contribution in [-0.4, -0.2) is 99.7 Å². The van der Waals surface area contributed by atoms with Gasteiger partial charge in [-0.1, -0.05) is 11.6 Å². The Morgan fingerprint density at radius 3 is 2.34 bits per heavy atom. The van der Waals surface area contributed by atoms with Gasteiger partial charge in [-0.05, 0) is 49.7 Å². The van der Waals surface area contributed by atoms with Crippen molar-refractivity contribution in [1.29, 1.82) is 5.26 Å².